The number of anilines is 1. The number of benzene rings is 1. The Morgan fingerprint density at radius 2 is 1.97 bits per heavy atom. The standard InChI is InChI=1S/C26H23N5O4/c1-34-12-8-16-13-15-5-3-6-17-22(27-9-11-30(16)23(15)17)21-20(25(32)29-26(21)33)18-14-28-24-19(35-2)7-4-10-31(18)24/h3-7,9-11,14,16H,8,12-13H2,1-2H3,(H,29,32,33). The summed E-state index contributed by atoms with van der Waals surface area (Å²) in [5.74, 6) is -0.387. The highest BCUT2D eigenvalue weighted by Gasteiger charge is 2.39. The van der Waals surface area contributed by atoms with Gasteiger partial charge in [0.05, 0.1) is 41.5 Å². The molecule has 5 heterocycles. The summed E-state index contributed by atoms with van der Waals surface area (Å²) in [6.07, 6.45) is 8.74. The van der Waals surface area contributed by atoms with Gasteiger partial charge in [-0.2, -0.15) is 0 Å². The third kappa shape index (κ3) is 3.19. The maximum atomic E-state index is 13.2. The van der Waals surface area contributed by atoms with Gasteiger partial charge in [0.25, 0.3) is 11.8 Å². The number of aliphatic imine (C=N–C) groups is 1. The number of imidazole rings is 1. The van der Waals surface area contributed by atoms with Crippen molar-refractivity contribution in [2.75, 3.05) is 25.7 Å². The number of para-hydroxylation sites is 1. The van der Waals surface area contributed by atoms with Gasteiger partial charge in [0.1, 0.15) is 0 Å². The lowest BCUT2D eigenvalue weighted by molar-refractivity contribution is -0.123. The summed E-state index contributed by atoms with van der Waals surface area (Å²) in [6, 6.07) is 9.86. The fraction of sp³-hybridized carbons (Fsp3) is 0.231. The molecular weight excluding hydrogens is 446 g/mol. The Hall–Kier alpha value is -4.24. The van der Waals surface area contributed by atoms with Crippen molar-refractivity contribution in [2.24, 2.45) is 4.99 Å². The molecule has 0 bridgehead atoms. The van der Waals surface area contributed by atoms with Crippen molar-refractivity contribution in [3.63, 3.8) is 0 Å². The summed E-state index contributed by atoms with van der Waals surface area (Å²) in [4.78, 5) is 37.6. The zero-order valence-corrected chi connectivity index (χ0v) is 19.3. The third-order valence-electron chi connectivity index (χ3n) is 6.71. The zero-order chi connectivity index (χ0) is 24.1. The summed E-state index contributed by atoms with van der Waals surface area (Å²) in [5, 5.41) is 2.47. The van der Waals surface area contributed by atoms with E-state index in [-0.39, 0.29) is 17.2 Å². The quantitative estimate of drug-likeness (QED) is 0.557. The topological polar surface area (TPSA) is 97.5 Å². The van der Waals surface area contributed by atoms with Crippen molar-refractivity contribution in [1.29, 1.82) is 0 Å². The maximum absolute atomic E-state index is 13.2. The van der Waals surface area contributed by atoms with Gasteiger partial charge in [0.15, 0.2) is 11.4 Å². The molecular formula is C26H23N5O4. The fourth-order valence-electron chi connectivity index (χ4n) is 5.18. The van der Waals surface area contributed by atoms with Gasteiger partial charge in [-0.05, 0) is 30.5 Å². The van der Waals surface area contributed by atoms with Crippen LogP contribution in [0.4, 0.5) is 5.69 Å². The van der Waals surface area contributed by atoms with E-state index in [4.69, 9.17) is 9.47 Å². The van der Waals surface area contributed by atoms with Crippen LogP contribution in [0.3, 0.4) is 0 Å². The van der Waals surface area contributed by atoms with Crippen molar-refractivity contribution >= 4 is 34.4 Å². The maximum Gasteiger partial charge on any atom is 0.261 e. The molecule has 2 aromatic heterocycles. The number of nitrogens with one attached hydrogen (secondary N) is 1. The van der Waals surface area contributed by atoms with E-state index in [1.54, 1.807) is 49.3 Å². The van der Waals surface area contributed by atoms with E-state index in [0.717, 1.165) is 24.1 Å². The highest BCUT2D eigenvalue weighted by Crippen LogP contribution is 2.41. The van der Waals surface area contributed by atoms with Crippen molar-refractivity contribution in [3.05, 3.63) is 77.5 Å². The second-order valence-corrected chi connectivity index (χ2v) is 8.58. The van der Waals surface area contributed by atoms with E-state index in [1.165, 1.54) is 5.56 Å². The molecule has 3 aromatic rings. The van der Waals surface area contributed by atoms with Gasteiger partial charge in [0.2, 0.25) is 0 Å². The van der Waals surface area contributed by atoms with Gasteiger partial charge in [0, 0.05) is 43.9 Å². The minimum atomic E-state index is -0.479. The van der Waals surface area contributed by atoms with Gasteiger partial charge < -0.3 is 14.4 Å². The number of pyridine rings is 1. The molecule has 1 aromatic carbocycles. The van der Waals surface area contributed by atoms with Crippen LogP contribution in [0.15, 0.2) is 65.7 Å². The molecule has 0 spiro atoms. The normalized spacial score (nSPS) is 18.7. The molecule has 0 radical (unpaired) electrons. The van der Waals surface area contributed by atoms with E-state index in [0.29, 0.717) is 29.4 Å². The average molecular weight is 470 g/mol. The second-order valence-electron chi connectivity index (χ2n) is 8.58. The molecule has 0 fully saturated rings. The van der Waals surface area contributed by atoms with Crippen LogP contribution in [-0.4, -0.2) is 53.8 Å². The number of hydrogen-bond donors (Lipinski definition) is 1. The second kappa shape index (κ2) is 8.21. The molecule has 6 rings (SSSR count). The molecule has 0 saturated carbocycles. The van der Waals surface area contributed by atoms with Crippen LogP contribution >= 0.6 is 0 Å². The summed E-state index contributed by atoms with van der Waals surface area (Å²) in [6.45, 7) is 0.649. The smallest absolute Gasteiger partial charge is 0.261 e. The number of imide groups is 1. The SMILES string of the molecule is COCCC1Cc2cccc3c2N1C=CN=C3C1=C(c2cnc3c(OC)cccn23)C(=O)NC1=O. The lowest BCUT2D eigenvalue weighted by atomic mass is 9.94. The van der Waals surface area contributed by atoms with E-state index in [9.17, 15) is 9.59 Å². The van der Waals surface area contributed by atoms with Gasteiger partial charge in [-0.3, -0.25) is 24.3 Å². The Morgan fingerprint density at radius 3 is 2.80 bits per heavy atom. The number of rotatable bonds is 6. The van der Waals surface area contributed by atoms with Crippen LogP contribution in [-0.2, 0) is 20.7 Å². The molecule has 1 N–H and O–H groups in total. The lowest BCUT2D eigenvalue weighted by Gasteiger charge is -2.24. The van der Waals surface area contributed by atoms with Crippen LogP contribution in [0.25, 0.3) is 11.2 Å². The first-order chi connectivity index (χ1) is 17.1. The Balaban J connectivity index is 1.54. The molecule has 0 aliphatic carbocycles. The van der Waals surface area contributed by atoms with Gasteiger partial charge in [-0.15, -0.1) is 0 Å². The third-order valence-corrected chi connectivity index (χ3v) is 6.71. The number of carbonyl (C=O) groups is 2. The van der Waals surface area contributed by atoms with Crippen LogP contribution in [0.5, 0.6) is 5.75 Å². The molecule has 3 aliphatic heterocycles. The average Bonchev–Trinajstić information content (AvgIpc) is 3.48. The lowest BCUT2D eigenvalue weighted by Crippen LogP contribution is -2.28. The van der Waals surface area contributed by atoms with Gasteiger partial charge in [-0.25, -0.2) is 4.98 Å². The molecule has 2 amide bonds. The van der Waals surface area contributed by atoms with E-state index >= 15 is 0 Å². The summed E-state index contributed by atoms with van der Waals surface area (Å²) in [7, 11) is 3.26. The van der Waals surface area contributed by atoms with Gasteiger partial charge >= 0.3 is 0 Å². The monoisotopic (exact) mass is 469 g/mol. The van der Waals surface area contributed by atoms with Gasteiger partial charge in [-0.1, -0.05) is 18.2 Å². The molecule has 3 aliphatic rings. The number of aromatic nitrogens is 2. The van der Waals surface area contributed by atoms with Crippen LogP contribution < -0.4 is 15.0 Å². The number of methoxy groups -OCH3 is 2. The first-order valence-electron chi connectivity index (χ1n) is 11.4. The van der Waals surface area contributed by atoms with Crippen molar-refractivity contribution in [3.8, 4) is 5.75 Å². The number of amides is 2. The molecule has 9 heteroatoms. The summed E-state index contributed by atoms with van der Waals surface area (Å²) >= 11 is 0. The minimum absolute atomic E-state index is 0.232. The highest BCUT2D eigenvalue weighted by molar-refractivity contribution is 6.47. The Morgan fingerprint density at radius 1 is 1.11 bits per heavy atom. The van der Waals surface area contributed by atoms with E-state index in [2.05, 4.69) is 26.3 Å². The number of carbonyl (C=O) groups excluding carboxylic acids is 2. The molecule has 0 saturated heterocycles. The number of hydrogen-bond acceptors (Lipinski definition) is 7. The molecule has 35 heavy (non-hydrogen) atoms. The van der Waals surface area contributed by atoms with Crippen LogP contribution in [0.1, 0.15) is 23.2 Å². The summed E-state index contributed by atoms with van der Waals surface area (Å²) < 4.78 is 12.5. The largest absolute Gasteiger partial charge is 0.493 e. The molecule has 1 atom stereocenters. The minimum Gasteiger partial charge on any atom is -0.493 e. The molecule has 9 nitrogen and oxygen atoms in total. The van der Waals surface area contributed by atoms with Crippen molar-refractivity contribution < 1.29 is 19.1 Å². The van der Waals surface area contributed by atoms with E-state index in [1.807, 2.05) is 18.3 Å². The Kier molecular flexibility index (Phi) is 5.00. The van der Waals surface area contributed by atoms with Crippen LogP contribution in [0.2, 0.25) is 0 Å². The predicted molar refractivity (Wildman–Crippen MR) is 130 cm³/mol. The van der Waals surface area contributed by atoms with Crippen molar-refractivity contribution in [1.82, 2.24) is 14.7 Å². The number of ether oxygens (including phenoxy) is 2. The fourth-order valence-corrected chi connectivity index (χ4v) is 5.18. The first kappa shape index (κ1) is 21.3. The number of fused-ring (bicyclic) bond motifs is 1. The molecule has 176 valence electrons. The van der Waals surface area contributed by atoms with Crippen LogP contribution in [0, 0.1) is 0 Å². The van der Waals surface area contributed by atoms with E-state index < -0.39 is 11.8 Å². The zero-order valence-electron chi connectivity index (χ0n) is 19.3. The summed E-state index contributed by atoms with van der Waals surface area (Å²) in [5.41, 5.74) is 4.99. The first-order valence-corrected chi connectivity index (χ1v) is 11.4. The number of nitrogens with zero attached hydrogens (tertiary/aromatic N) is 4. The molecule has 1 unspecified atom stereocenters. The Labute approximate surface area is 201 Å². The Bertz CT molecular complexity index is 1480. The van der Waals surface area contributed by atoms with Crippen molar-refractivity contribution in [2.45, 2.75) is 18.9 Å². The highest BCUT2D eigenvalue weighted by atomic mass is 16.5. The predicted octanol–water partition coefficient (Wildman–Crippen LogP) is 2.49.